The average Bonchev–Trinajstić information content (AvgIpc) is 2.43. The summed E-state index contributed by atoms with van der Waals surface area (Å²) < 4.78 is 0. The topological polar surface area (TPSA) is 66.6 Å². The number of nitrogens with zero attached hydrogens (tertiary/aromatic N) is 1. The standard InChI is InChI=1S/C16H18N2O2/c1-11-3-6-13(17)9-15(11)16(20)18(2)10-12-4-7-14(19)8-5-12/h3-9,19H,10,17H2,1-2H3. The lowest BCUT2D eigenvalue weighted by Gasteiger charge is -2.19. The van der Waals surface area contributed by atoms with E-state index in [0.29, 0.717) is 17.8 Å². The van der Waals surface area contributed by atoms with Crippen LogP contribution in [-0.2, 0) is 6.54 Å². The van der Waals surface area contributed by atoms with Gasteiger partial charge in [-0.1, -0.05) is 18.2 Å². The highest BCUT2D eigenvalue weighted by molar-refractivity contribution is 5.96. The van der Waals surface area contributed by atoms with Gasteiger partial charge >= 0.3 is 0 Å². The third-order valence-electron chi connectivity index (χ3n) is 3.19. The predicted octanol–water partition coefficient (Wildman–Crippen LogP) is 2.56. The lowest BCUT2D eigenvalue weighted by Crippen LogP contribution is -2.26. The quantitative estimate of drug-likeness (QED) is 0.842. The van der Waals surface area contributed by atoms with Gasteiger partial charge in [0.2, 0.25) is 0 Å². The molecule has 0 aromatic heterocycles. The van der Waals surface area contributed by atoms with Gasteiger partial charge in [-0.2, -0.15) is 0 Å². The Balaban J connectivity index is 2.16. The molecular weight excluding hydrogens is 252 g/mol. The van der Waals surface area contributed by atoms with Gasteiger partial charge in [0.25, 0.3) is 5.91 Å². The van der Waals surface area contributed by atoms with Gasteiger partial charge in [0.15, 0.2) is 0 Å². The maximum Gasteiger partial charge on any atom is 0.254 e. The van der Waals surface area contributed by atoms with Gasteiger partial charge < -0.3 is 15.7 Å². The van der Waals surface area contributed by atoms with Crippen molar-refractivity contribution in [1.29, 1.82) is 0 Å². The molecule has 0 atom stereocenters. The Hall–Kier alpha value is -2.49. The monoisotopic (exact) mass is 270 g/mol. The van der Waals surface area contributed by atoms with E-state index < -0.39 is 0 Å². The summed E-state index contributed by atoms with van der Waals surface area (Å²) in [5.74, 6) is 0.150. The van der Waals surface area contributed by atoms with Gasteiger partial charge in [0.1, 0.15) is 5.75 Å². The maximum absolute atomic E-state index is 12.4. The SMILES string of the molecule is Cc1ccc(N)cc1C(=O)N(C)Cc1ccc(O)cc1. The van der Waals surface area contributed by atoms with E-state index in [9.17, 15) is 9.90 Å². The molecule has 0 heterocycles. The van der Waals surface area contributed by atoms with Gasteiger partial charge in [0, 0.05) is 24.8 Å². The fourth-order valence-corrected chi connectivity index (χ4v) is 2.02. The number of aryl methyl sites for hydroxylation is 1. The second-order valence-corrected chi connectivity index (χ2v) is 4.90. The molecule has 0 unspecified atom stereocenters. The number of phenols is 1. The summed E-state index contributed by atoms with van der Waals surface area (Å²) in [6.07, 6.45) is 0. The molecule has 0 radical (unpaired) electrons. The van der Waals surface area contributed by atoms with Crippen LogP contribution in [0.4, 0.5) is 5.69 Å². The van der Waals surface area contributed by atoms with E-state index >= 15 is 0 Å². The van der Waals surface area contributed by atoms with E-state index in [1.165, 1.54) is 0 Å². The Bertz CT molecular complexity index is 621. The molecule has 4 heteroatoms. The van der Waals surface area contributed by atoms with Crippen LogP contribution in [-0.4, -0.2) is 23.0 Å². The zero-order valence-corrected chi connectivity index (χ0v) is 11.6. The van der Waals surface area contributed by atoms with Crippen LogP contribution in [0.3, 0.4) is 0 Å². The van der Waals surface area contributed by atoms with Crippen LogP contribution in [0.1, 0.15) is 21.5 Å². The number of nitrogen functional groups attached to an aromatic ring is 1. The molecule has 104 valence electrons. The molecule has 4 nitrogen and oxygen atoms in total. The Labute approximate surface area is 118 Å². The van der Waals surface area contributed by atoms with Gasteiger partial charge in [-0.15, -0.1) is 0 Å². The van der Waals surface area contributed by atoms with Crippen molar-refractivity contribution in [2.45, 2.75) is 13.5 Å². The lowest BCUT2D eigenvalue weighted by atomic mass is 10.1. The van der Waals surface area contributed by atoms with Crippen molar-refractivity contribution in [2.24, 2.45) is 0 Å². The molecule has 0 spiro atoms. The molecule has 2 rings (SSSR count). The number of aromatic hydroxyl groups is 1. The number of nitrogens with two attached hydrogens (primary N) is 1. The first-order valence-electron chi connectivity index (χ1n) is 6.37. The van der Waals surface area contributed by atoms with Crippen molar-refractivity contribution in [3.63, 3.8) is 0 Å². The van der Waals surface area contributed by atoms with E-state index in [4.69, 9.17) is 5.73 Å². The van der Waals surface area contributed by atoms with Crippen LogP contribution >= 0.6 is 0 Å². The molecule has 0 saturated carbocycles. The first-order valence-corrected chi connectivity index (χ1v) is 6.37. The highest BCUT2D eigenvalue weighted by Crippen LogP contribution is 2.17. The Morgan fingerprint density at radius 2 is 1.85 bits per heavy atom. The highest BCUT2D eigenvalue weighted by atomic mass is 16.3. The van der Waals surface area contributed by atoms with Crippen LogP contribution in [0.2, 0.25) is 0 Å². The van der Waals surface area contributed by atoms with Crippen LogP contribution in [0.25, 0.3) is 0 Å². The minimum absolute atomic E-state index is 0.0668. The summed E-state index contributed by atoms with van der Waals surface area (Å²) in [7, 11) is 1.75. The van der Waals surface area contributed by atoms with E-state index in [1.807, 2.05) is 13.0 Å². The van der Waals surface area contributed by atoms with E-state index in [0.717, 1.165) is 11.1 Å². The second-order valence-electron chi connectivity index (χ2n) is 4.90. The zero-order valence-electron chi connectivity index (χ0n) is 11.6. The number of benzene rings is 2. The van der Waals surface area contributed by atoms with Crippen molar-refractivity contribution in [3.05, 3.63) is 59.2 Å². The fraction of sp³-hybridized carbons (Fsp3) is 0.188. The van der Waals surface area contributed by atoms with Gasteiger partial charge in [-0.05, 0) is 42.3 Å². The number of hydrogen-bond donors (Lipinski definition) is 2. The summed E-state index contributed by atoms with van der Waals surface area (Å²) in [4.78, 5) is 14.0. The lowest BCUT2D eigenvalue weighted by molar-refractivity contribution is 0.0784. The summed E-state index contributed by atoms with van der Waals surface area (Å²) in [5.41, 5.74) is 8.80. The van der Waals surface area contributed by atoms with Gasteiger partial charge in [-0.3, -0.25) is 4.79 Å². The Morgan fingerprint density at radius 1 is 1.20 bits per heavy atom. The van der Waals surface area contributed by atoms with Crippen molar-refractivity contribution >= 4 is 11.6 Å². The first-order chi connectivity index (χ1) is 9.47. The predicted molar refractivity (Wildman–Crippen MR) is 79.5 cm³/mol. The Morgan fingerprint density at radius 3 is 2.50 bits per heavy atom. The largest absolute Gasteiger partial charge is 0.508 e. The number of carbonyl (C=O) groups is 1. The number of amides is 1. The Kier molecular flexibility index (Phi) is 3.94. The molecule has 2 aromatic rings. The summed E-state index contributed by atoms with van der Waals surface area (Å²) in [6, 6.07) is 12.1. The minimum atomic E-state index is -0.0668. The van der Waals surface area contributed by atoms with Crippen molar-refractivity contribution in [3.8, 4) is 5.75 Å². The van der Waals surface area contributed by atoms with Gasteiger partial charge in [0.05, 0.1) is 0 Å². The number of rotatable bonds is 3. The molecule has 0 saturated heterocycles. The number of anilines is 1. The third kappa shape index (κ3) is 3.09. The number of phenolic OH excluding ortho intramolecular Hbond substituents is 1. The number of hydrogen-bond acceptors (Lipinski definition) is 3. The minimum Gasteiger partial charge on any atom is -0.508 e. The summed E-state index contributed by atoms with van der Waals surface area (Å²) in [6.45, 7) is 2.37. The normalized spacial score (nSPS) is 10.3. The fourth-order valence-electron chi connectivity index (χ4n) is 2.02. The summed E-state index contributed by atoms with van der Waals surface area (Å²) >= 11 is 0. The van der Waals surface area contributed by atoms with Crippen molar-refractivity contribution in [1.82, 2.24) is 4.90 Å². The molecular formula is C16H18N2O2. The molecule has 0 aliphatic carbocycles. The highest BCUT2D eigenvalue weighted by Gasteiger charge is 2.14. The van der Waals surface area contributed by atoms with Crippen molar-refractivity contribution < 1.29 is 9.90 Å². The smallest absolute Gasteiger partial charge is 0.254 e. The van der Waals surface area contributed by atoms with Crippen LogP contribution in [0.5, 0.6) is 5.75 Å². The molecule has 1 amide bonds. The molecule has 3 N–H and O–H groups in total. The second kappa shape index (κ2) is 5.65. The van der Waals surface area contributed by atoms with Crippen LogP contribution in [0.15, 0.2) is 42.5 Å². The molecule has 0 fully saturated rings. The van der Waals surface area contributed by atoms with Crippen molar-refractivity contribution in [2.75, 3.05) is 12.8 Å². The van der Waals surface area contributed by atoms with E-state index in [2.05, 4.69) is 0 Å². The molecule has 2 aromatic carbocycles. The molecule has 0 aliphatic heterocycles. The van der Waals surface area contributed by atoms with Crippen LogP contribution < -0.4 is 5.73 Å². The van der Waals surface area contributed by atoms with E-state index in [-0.39, 0.29) is 11.7 Å². The third-order valence-corrected chi connectivity index (χ3v) is 3.19. The first kappa shape index (κ1) is 13.9. The van der Waals surface area contributed by atoms with Crippen LogP contribution in [0, 0.1) is 6.92 Å². The van der Waals surface area contributed by atoms with E-state index in [1.54, 1.807) is 48.3 Å². The average molecular weight is 270 g/mol. The maximum atomic E-state index is 12.4. The molecule has 20 heavy (non-hydrogen) atoms. The molecule has 0 aliphatic rings. The number of carbonyl (C=O) groups excluding carboxylic acids is 1. The van der Waals surface area contributed by atoms with Gasteiger partial charge in [-0.25, -0.2) is 0 Å². The molecule has 0 bridgehead atoms. The zero-order chi connectivity index (χ0) is 14.7. The summed E-state index contributed by atoms with van der Waals surface area (Å²) in [5, 5.41) is 9.25.